The lowest BCUT2D eigenvalue weighted by Gasteiger charge is -2.45. The van der Waals surface area contributed by atoms with Gasteiger partial charge < -0.3 is 10.4 Å². The monoisotopic (exact) mass is 433 g/mol. The van der Waals surface area contributed by atoms with Crippen molar-refractivity contribution in [3.8, 4) is 0 Å². The maximum Gasteiger partial charge on any atom is 0.168 e. The van der Waals surface area contributed by atoms with Crippen LogP contribution in [0.5, 0.6) is 0 Å². The molecule has 0 radical (unpaired) electrons. The normalized spacial score (nSPS) is 47.3. The fraction of sp³-hybridized carbons (Fsp3) is 0.840. The Balaban J connectivity index is 1.59. The van der Waals surface area contributed by atoms with E-state index < -0.39 is 14.6 Å². The van der Waals surface area contributed by atoms with Gasteiger partial charge in [0.05, 0.1) is 5.75 Å². The standard InChI is InChI=1S/C25H39NO3S/c1-16-6-7-19-15-30(28,29)25(22(19)11-16,23-13-26-23)12-18-5-4-10-24(3)20(17(2)14-27)8-9-21(18)24/h12,16-17,20-21,23,26-27H,4-11,13-15H2,1-3H3/b18-12+/t16?,17-,20-,21?,23?,24-,25?/m1/s1. The lowest BCUT2D eigenvalue weighted by molar-refractivity contribution is 0.0687. The van der Waals surface area contributed by atoms with E-state index in [4.69, 9.17) is 0 Å². The Hall–Kier alpha value is -0.650. The lowest BCUT2D eigenvalue weighted by atomic mass is 9.60. The summed E-state index contributed by atoms with van der Waals surface area (Å²) >= 11 is 0. The van der Waals surface area contributed by atoms with E-state index in [1.165, 1.54) is 23.1 Å². The zero-order chi connectivity index (χ0) is 21.3. The molecule has 0 amide bonds. The van der Waals surface area contributed by atoms with Crippen LogP contribution in [0, 0.1) is 29.1 Å². The van der Waals surface area contributed by atoms with Crippen molar-refractivity contribution >= 4 is 9.84 Å². The molecule has 2 aliphatic heterocycles. The van der Waals surface area contributed by atoms with Gasteiger partial charge in [-0.3, -0.25) is 0 Å². The molecule has 30 heavy (non-hydrogen) atoms. The average Bonchev–Trinajstić information content (AvgIpc) is 3.44. The van der Waals surface area contributed by atoms with Crippen LogP contribution in [-0.4, -0.2) is 43.2 Å². The van der Waals surface area contributed by atoms with Crippen LogP contribution in [0.3, 0.4) is 0 Å². The van der Waals surface area contributed by atoms with Gasteiger partial charge in [0.2, 0.25) is 0 Å². The summed E-state index contributed by atoms with van der Waals surface area (Å²) in [5.41, 5.74) is 4.11. The van der Waals surface area contributed by atoms with Gasteiger partial charge in [-0.2, -0.15) is 0 Å². The van der Waals surface area contributed by atoms with E-state index in [1.807, 2.05) is 0 Å². The molecule has 1 saturated heterocycles. The molecule has 0 aromatic heterocycles. The summed E-state index contributed by atoms with van der Waals surface area (Å²) in [4.78, 5) is 0. The van der Waals surface area contributed by atoms with Crippen LogP contribution in [0.1, 0.15) is 72.1 Å². The summed E-state index contributed by atoms with van der Waals surface area (Å²) in [5.74, 6) is 2.19. The second kappa shape index (κ2) is 7.18. The lowest BCUT2D eigenvalue weighted by Crippen LogP contribution is -2.45. The van der Waals surface area contributed by atoms with E-state index in [-0.39, 0.29) is 23.8 Å². The molecule has 0 aromatic rings. The second-order valence-electron chi connectivity index (χ2n) is 11.4. The van der Waals surface area contributed by atoms with Crippen molar-refractivity contribution in [3.05, 3.63) is 22.8 Å². The van der Waals surface area contributed by atoms with Gasteiger partial charge >= 0.3 is 0 Å². The second-order valence-corrected chi connectivity index (χ2v) is 13.6. The van der Waals surface area contributed by atoms with Crippen LogP contribution in [0.4, 0.5) is 0 Å². The van der Waals surface area contributed by atoms with E-state index in [9.17, 15) is 13.5 Å². The minimum absolute atomic E-state index is 0.0644. The largest absolute Gasteiger partial charge is 0.396 e. The molecule has 5 rings (SSSR count). The summed E-state index contributed by atoms with van der Waals surface area (Å²) in [7, 11) is -3.23. The Bertz CT molecular complexity index is 886. The Morgan fingerprint density at radius 2 is 2.03 bits per heavy atom. The van der Waals surface area contributed by atoms with Gasteiger partial charge in [-0.25, -0.2) is 8.42 Å². The molecule has 4 unspecified atom stereocenters. The quantitative estimate of drug-likeness (QED) is 0.519. The highest BCUT2D eigenvalue weighted by Gasteiger charge is 2.61. The van der Waals surface area contributed by atoms with Crippen molar-refractivity contribution in [2.75, 3.05) is 18.9 Å². The molecule has 5 aliphatic rings. The molecule has 2 heterocycles. The van der Waals surface area contributed by atoms with Gasteiger partial charge in [0, 0.05) is 19.2 Å². The summed E-state index contributed by atoms with van der Waals surface area (Å²) in [6, 6.07) is 0.0644. The molecule has 2 N–H and O–H groups in total. The van der Waals surface area contributed by atoms with Crippen LogP contribution >= 0.6 is 0 Å². The van der Waals surface area contributed by atoms with Crippen LogP contribution in [0.2, 0.25) is 0 Å². The highest BCUT2D eigenvalue weighted by Crippen LogP contribution is 2.61. The van der Waals surface area contributed by atoms with Crippen molar-refractivity contribution < 1.29 is 13.5 Å². The summed E-state index contributed by atoms with van der Waals surface area (Å²) in [6.07, 6.45) is 11.0. The zero-order valence-electron chi connectivity index (χ0n) is 18.9. The van der Waals surface area contributed by atoms with Crippen molar-refractivity contribution in [1.29, 1.82) is 0 Å². The predicted octanol–water partition coefficient (Wildman–Crippen LogP) is 4.01. The number of aliphatic hydroxyl groups excluding tert-OH is 1. The summed E-state index contributed by atoms with van der Waals surface area (Å²) in [6.45, 7) is 7.97. The molecule has 4 nitrogen and oxygen atoms in total. The van der Waals surface area contributed by atoms with Gasteiger partial charge in [-0.1, -0.05) is 38.0 Å². The Morgan fingerprint density at radius 1 is 1.27 bits per heavy atom. The third-order valence-electron chi connectivity index (χ3n) is 9.61. The average molecular weight is 434 g/mol. The molecule has 0 spiro atoms. The number of hydrogen-bond donors (Lipinski definition) is 2. The topological polar surface area (TPSA) is 76.3 Å². The minimum Gasteiger partial charge on any atom is -0.396 e. The molecular weight excluding hydrogens is 394 g/mol. The maximum atomic E-state index is 13.7. The molecule has 7 atom stereocenters. The van der Waals surface area contributed by atoms with Crippen LogP contribution in [0.15, 0.2) is 22.8 Å². The zero-order valence-corrected chi connectivity index (χ0v) is 19.7. The fourth-order valence-electron chi connectivity index (χ4n) is 7.95. The number of fused-ring (bicyclic) bond motifs is 1. The molecule has 2 saturated carbocycles. The van der Waals surface area contributed by atoms with E-state index >= 15 is 0 Å². The smallest absolute Gasteiger partial charge is 0.168 e. The van der Waals surface area contributed by atoms with E-state index in [0.29, 0.717) is 23.7 Å². The first-order chi connectivity index (χ1) is 14.2. The molecule has 3 fully saturated rings. The number of aliphatic hydroxyl groups is 1. The molecular formula is C25H39NO3S. The number of hydrogen-bond acceptors (Lipinski definition) is 4. The van der Waals surface area contributed by atoms with Crippen molar-refractivity contribution in [2.24, 2.45) is 29.1 Å². The highest BCUT2D eigenvalue weighted by molar-refractivity contribution is 7.93. The van der Waals surface area contributed by atoms with Gasteiger partial charge in [0.1, 0.15) is 4.75 Å². The molecule has 0 aromatic carbocycles. The molecule has 5 heteroatoms. The third kappa shape index (κ3) is 2.94. The van der Waals surface area contributed by atoms with Crippen LogP contribution < -0.4 is 5.32 Å². The first-order valence-electron chi connectivity index (χ1n) is 12.2. The predicted molar refractivity (Wildman–Crippen MR) is 121 cm³/mol. The molecule has 3 aliphatic carbocycles. The number of rotatable bonds is 4. The fourth-order valence-corrected chi connectivity index (χ4v) is 10.5. The Labute approximate surface area is 182 Å². The minimum atomic E-state index is -3.23. The summed E-state index contributed by atoms with van der Waals surface area (Å²) < 4.78 is 26.7. The summed E-state index contributed by atoms with van der Waals surface area (Å²) in [5, 5.41) is 13.3. The van der Waals surface area contributed by atoms with E-state index in [1.54, 1.807) is 0 Å². The van der Waals surface area contributed by atoms with Gasteiger partial charge in [-0.05, 0) is 86.0 Å². The van der Waals surface area contributed by atoms with Gasteiger partial charge in [0.25, 0.3) is 0 Å². The number of allylic oxidation sites excluding steroid dienone is 1. The van der Waals surface area contributed by atoms with Crippen molar-refractivity contribution in [3.63, 3.8) is 0 Å². The first-order valence-corrected chi connectivity index (χ1v) is 13.9. The van der Waals surface area contributed by atoms with E-state index in [2.05, 4.69) is 32.2 Å². The van der Waals surface area contributed by atoms with E-state index in [0.717, 1.165) is 51.5 Å². The third-order valence-corrected chi connectivity index (χ3v) is 12.0. The van der Waals surface area contributed by atoms with Crippen molar-refractivity contribution in [2.45, 2.75) is 82.9 Å². The van der Waals surface area contributed by atoms with Crippen LogP contribution in [-0.2, 0) is 9.84 Å². The Kier molecular flexibility index (Phi) is 5.08. The molecule has 168 valence electrons. The number of sulfone groups is 1. The highest BCUT2D eigenvalue weighted by atomic mass is 32.2. The van der Waals surface area contributed by atoms with Gasteiger partial charge in [-0.15, -0.1) is 0 Å². The number of nitrogens with one attached hydrogen (secondary N) is 1. The SMILES string of the molecule is CC1CCC2=C(C1)C(/C=C1\CCC[C@@]3(C)C1CC[C@@H]3[C@H](C)CO)(C1CN1)S(=O)(=O)C2. The van der Waals surface area contributed by atoms with Gasteiger partial charge in [0.15, 0.2) is 9.84 Å². The van der Waals surface area contributed by atoms with Crippen LogP contribution in [0.25, 0.3) is 0 Å². The Morgan fingerprint density at radius 3 is 2.73 bits per heavy atom. The first kappa shape index (κ1) is 21.2. The van der Waals surface area contributed by atoms with Crippen molar-refractivity contribution in [1.82, 2.24) is 5.32 Å². The molecule has 0 bridgehead atoms. The maximum absolute atomic E-state index is 13.7.